The predicted octanol–water partition coefficient (Wildman–Crippen LogP) is 4.65. The fourth-order valence-corrected chi connectivity index (χ4v) is 3.45. The van der Waals surface area contributed by atoms with Crippen molar-refractivity contribution < 1.29 is 13.2 Å². The van der Waals surface area contributed by atoms with E-state index in [0.29, 0.717) is 0 Å². The average molecular weight is 283 g/mol. The molecule has 0 amide bonds. The van der Waals surface area contributed by atoms with Gasteiger partial charge in [0.25, 0.3) is 0 Å². The normalized spacial score (nSPS) is 18.2. The van der Waals surface area contributed by atoms with E-state index >= 15 is 0 Å². The highest BCUT2D eigenvalue weighted by atomic mass is 32.1. The van der Waals surface area contributed by atoms with Gasteiger partial charge in [0.15, 0.2) is 17.5 Å². The highest BCUT2D eigenvalue weighted by Crippen LogP contribution is 2.36. The highest BCUT2D eigenvalue weighted by Gasteiger charge is 2.23. The number of aryl methyl sites for hydroxylation is 1. The third kappa shape index (κ3) is 2.23. The molecule has 0 fully saturated rings. The first-order chi connectivity index (χ1) is 9.16. The Morgan fingerprint density at radius 1 is 1.11 bits per heavy atom. The second kappa shape index (κ2) is 4.89. The van der Waals surface area contributed by atoms with Crippen LogP contribution in [0.5, 0.6) is 0 Å². The van der Waals surface area contributed by atoms with Crippen LogP contribution in [-0.2, 0) is 6.42 Å². The monoisotopic (exact) mass is 283 g/mol. The summed E-state index contributed by atoms with van der Waals surface area (Å²) in [6, 6.07) is 4.16. The first-order valence-electron chi connectivity index (χ1n) is 6.13. The Morgan fingerprint density at radius 2 is 1.95 bits per heavy atom. The van der Waals surface area contributed by atoms with Crippen LogP contribution in [0.4, 0.5) is 18.9 Å². The van der Waals surface area contributed by atoms with E-state index in [9.17, 15) is 13.2 Å². The molecule has 1 nitrogen and oxygen atoms in total. The third-order valence-electron chi connectivity index (χ3n) is 3.42. The number of nitrogens with one attached hydrogen (secondary N) is 1. The van der Waals surface area contributed by atoms with Gasteiger partial charge in [-0.3, -0.25) is 0 Å². The van der Waals surface area contributed by atoms with Crippen molar-refractivity contribution >= 4 is 17.0 Å². The van der Waals surface area contributed by atoms with Gasteiger partial charge < -0.3 is 5.32 Å². The van der Waals surface area contributed by atoms with Crippen LogP contribution in [0.1, 0.15) is 29.3 Å². The number of anilines is 1. The lowest BCUT2D eigenvalue weighted by atomic mass is 9.94. The van der Waals surface area contributed by atoms with Gasteiger partial charge in [-0.1, -0.05) is 0 Å². The molecule has 1 heterocycles. The summed E-state index contributed by atoms with van der Waals surface area (Å²) in [6.07, 6.45) is 2.91. The molecule has 1 aromatic heterocycles. The zero-order valence-corrected chi connectivity index (χ0v) is 10.9. The Morgan fingerprint density at radius 3 is 2.79 bits per heavy atom. The fourth-order valence-electron chi connectivity index (χ4n) is 2.46. The maximum absolute atomic E-state index is 13.6. The molecule has 0 saturated carbocycles. The molecule has 0 aliphatic heterocycles. The van der Waals surface area contributed by atoms with Crippen molar-refractivity contribution in [2.45, 2.75) is 25.3 Å². The van der Waals surface area contributed by atoms with Crippen LogP contribution in [0, 0.1) is 17.5 Å². The molecule has 1 aromatic carbocycles. The van der Waals surface area contributed by atoms with Crippen molar-refractivity contribution in [3.63, 3.8) is 0 Å². The Bertz CT molecular complexity index is 609. The lowest BCUT2D eigenvalue weighted by Gasteiger charge is -2.25. The molecular formula is C14H12F3NS. The predicted molar refractivity (Wildman–Crippen MR) is 69.9 cm³/mol. The van der Waals surface area contributed by atoms with Gasteiger partial charge in [-0.15, -0.1) is 11.3 Å². The minimum atomic E-state index is -1.42. The summed E-state index contributed by atoms with van der Waals surface area (Å²) in [7, 11) is 0. The van der Waals surface area contributed by atoms with Gasteiger partial charge in [-0.25, -0.2) is 13.2 Å². The average Bonchev–Trinajstić information content (AvgIpc) is 2.89. The number of fused-ring (bicyclic) bond motifs is 1. The smallest absolute Gasteiger partial charge is 0.196 e. The lowest BCUT2D eigenvalue weighted by Crippen LogP contribution is -2.16. The SMILES string of the molecule is Fc1ccc(NC2CCCc3sccc32)c(F)c1F. The van der Waals surface area contributed by atoms with Crippen LogP contribution in [0.15, 0.2) is 23.6 Å². The maximum Gasteiger partial charge on any atom is 0.196 e. The molecule has 1 aliphatic carbocycles. The minimum absolute atomic E-state index is 0.0166. The van der Waals surface area contributed by atoms with E-state index in [2.05, 4.69) is 5.32 Å². The second-order valence-electron chi connectivity index (χ2n) is 4.61. The van der Waals surface area contributed by atoms with Crippen molar-refractivity contribution in [1.82, 2.24) is 0 Å². The number of benzene rings is 1. The highest BCUT2D eigenvalue weighted by molar-refractivity contribution is 7.10. The Labute approximate surface area is 113 Å². The summed E-state index contributed by atoms with van der Waals surface area (Å²) in [5.41, 5.74) is 1.16. The van der Waals surface area contributed by atoms with Gasteiger partial charge in [-0.05, 0) is 48.4 Å². The molecule has 0 bridgehead atoms. The minimum Gasteiger partial charge on any atom is -0.376 e. The molecule has 1 aliphatic rings. The summed E-state index contributed by atoms with van der Waals surface area (Å²) in [5.74, 6) is -3.74. The molecule has 1 atom stereocenters. The van der Waals surface area contributed by atoms with E-state index in [-0.39, 0.29) is 11.7 Å². The number of rotatable bonds is 2. The Balaban J connectivity index is 1.90. The summed E-state index contributed by atoms with van der Waals surface area (Å²) in [6.45, 7) is 0. The lowest BCUT2D eigenvalue weighted by molar-refractivity contribution is 0.447. The van der Waals surface area contributed by atoms with Crippen LogP contribution >= 0.6 is 11.3 Å². The summed E-state index contributed by atoms with van der Waals surface area (Å²) < 4.78 is 39.7. The number of halogens is 3. The van der Waals surface area contributed by atoms with Gasteiger partial charge in [0.2, 0.25) is 0 Å². The molecule has 19 heavy (non-hydrogen) atoms. The Hall–Kier alpha value is -1.49. The van der Waals surface area contributed by atoms with Gasteiger partial charge in [0, 0.05) is 4.88 Å². The van der Waals surface area contributed by atoms with Gasteiger partial charge in [-0.2, -0.15) is 0 Å². The summed E-state index contributed by atoms with van der Waals surface area (Å²) >= 11 is 1.68. The first kappa shape index (κ1) is 12.5. The van der Waals surface area contributed by atoms with Gasteiger partial charge in [0.1, 0.15) is 0 Å². The second-order valence-corrected chi connectivity index (χ2v) is 5.61. The summed E-state index contributed by atoms with van der Waals surface area (Å²) in [5, 5.41) is 4.99. The van der Waals surface area contributed by atoms with Crippen molar-refractivity contribution in [3.8, 4) is 0 Å². The van der Waals surface area contributed by atoms with E-state index in [0.717, 1.165) is 30.9 Å². The van der Waals surface area contributed by atoms with Crippen LogP contribution in [-0.4, -0.2) is 0 Å². The molecule has 100 valence electrons. The molecule has 5 heteroatoms. The van der Waals surface area contributed by atoms with E-state index < -0.39 is 17.5 Å². The number of hydrogen-bond acceptors (Lipinski definition) is 2. The van der Waals surface area contributed by atoms with E-state index in [1.54, 1.807) is 11.3 Å². The fraction of sp³-hybridized carbons (Fsp3) is 0.286. The van der Waals surface area contributed by atoms with Crippen LogP contribution in [0.3, 0.4) is 0 Å². The quantitative estimate of drug-likeness (QED) is 0.791. The maximum atomic E-state index is 13.6. The number of thiophene rings is 1. The molecule has 1 N–H and O–H groups in total. The zero-order valence-electron chi connectivity index (χ0n) is 10.1. The topological polar surface area (TPSA) is 12.0 Å². The molecule has 0 spiro atoms. The first-order valence-corrected chi connectivity index (χ1v) is 7.01. The van der Waals surface area contributed by atoms with E-state index in [4.69, 9.17) is 0 Å². The molecule has 2 aromatic rings. The van der Waals surface area contributed by atoms with Crippen molar-refractivity contribution in [3.05, 3.63) is 51.5 Å². The molecule has 0 saturated heterocycles. The zero-order chi connectivity index (χ0) is 13.4. The van der Waals surface area contributed by atoms with Gasteiger partial charge >= 0.3 is 0 Å². The van der Waals surface area contributed by atoms with Crippen molar-refractivity contribution in [1.29, 1.82) is 0 Å². The van der Waals surface area contributed by atoms with Crippen LogP contribution < -0.4 is 5.32 Å². The molecule has 3 rings (SSSR count). The molecule has 1 unspecified atom stereocenters. The third-order valence-corrected chi connectivity index (χ3v) is 4.41. The van der Waals surface area contributed by atoms with E-state index in [1.807, 2.05) is 11.4 Å². The molecule has 0 radical (unpaired) electrons. The van der Waals surface area contributed by atoms with E-state index in [1.165, 1.54) is 10.9 Å². The number of hydrogen-bond donors (Lipinski definition) is 1. The molecular weight excluding hydrogens is 271 g/mol. The van der Waals surface area contributed by atoms with Crippen LogP contribution in [0.25, 0.3) is 0 Å². The largest absolute Gasteiger partial charge is 0.376 e. The van der Waals surface area contributed by atoms with Crippen molar-refractivity contribution in [2.75, 3.05) is 5.32 Å². The van der Waals surface area contributed by atoms with Crippen molar-refractivity contribution in [2.24, 2.45) is 0 Å². The Kier molecular flexibility index (Phi) is 3.22. The summed E-state index contributed by atoms with van der Waals surface area (Å²) in [4.78, 5) is 1.28. The van der Waals surface area contributed by atoms with Crippen LogP contribution in [0.2, 0.25) is 0 Å². The van der Waals surface area contributed by atoms with Gasteiger partial charge in [0.05, 0.1) is 11.7 Å². The standard InChI is InChI=1S/C14H12F3NS/c15-9-4-5-11(14(17)13(9)16)18-10-2-1-3-12-8(10)6-7-19-12/h4-7,10,18H,1-3H2.